The molecule has 5 aromatic carbocycles. The van der Waals surface area contributed by atoms with Crippen LogP contribution in [0.5, 0.6) is 0 Å². The van der Waals surface area contributed by atoms with Gasteiger partial charge in [0.25, 0.3) is 20.2 Å². The number of rotatable bonds is 9. The van der Waals surface area contributed by atoms with Gasteiger partial charge in [0.15, 0.2) is 0 Å². The van der Waals surface area contributed by atoms with Gasteiger partial charge in [0.05, 0.1) is 4.90 Å². The highest BCUT2D eigenvalue weighted by molar-refractivity contribution is 7.86. The summed E-state index contributed by atoms with van der Waals surface area (Å²) in [7, 11) is -8.96. The maximum atomic E-state index is 12.5. The molecule has 47 heavy (non-hydrogen) atoms. The van der Waals surface area contributed by atoms with E-state index in [9.17, 15) is 25.9 Å². The molecular formula is C37H38N2O6S2. The average molecular weight is 671 g/mol. The molecule has 0 aromatic heterocycles. The minimum Gasteiger partial charge on any atom is -0.355 e. The summed E-state index contributed by atoms with van der Waals surface area (Å²) in [6.07, 6.45) is 0. The Balaban J connectivity index is 1.55. The fourth-order valence-electron chi connectivity index (χ4n) is 6.45. The highest BCUT2D eigenvalue weighted by atomic mass is 32.2. The normalized spacial score (nSPS) is 12.5. The lowest BCUT2D eigenvalue weighted by molar-refractivity contribution is 0.479. The van der Waals surface area contributed by atoms with Gasteiger partial charge in [0.1, 0.15) is 4.90 Å². The van der Waals surface area contributed by atoms with Gasteiger partial charge in [-0.2, -0.15) is 16.8 Å². The molecule has 244 valence electrons. The van der Waals surface area contributed by atoms with Gasteiger partial charge >= 0.3 is 0 Å². The van der Waals surface area contributed by atoms with E-state index in [1.165, 1.54) is 11.6 Å². The third-order valence-corrected chi connectivity index (χ3v) is 10.4. The second kappa shape index (κ2) is 13.0. The fraction of sp³-hybridized carbons (Fsp3) is 0.189. The lowest BCUT2D eigenvalue weighted by Crippen LogP contribution is -2.10. The summed E-state index contributed by atoms with van der Waals surface area (Å²) in [4.78, 5) is -0.307. The molecule has 0 heterocycles. The second-order valence-electron chi connectivity index (χ2n) is 12.0. The molecule has 0 aliphatic carbocycles. The Morgan fingerprint density at radius 2 is 1.02 bits per heavy atom. The molecule has 0 aliphatic rings. The first kappa shape index (κ1) is 33.9. The Morgan fingerprint density at radius 3 is 1.51 bits per heavy atom. The van der Waals surface area contributed by atoms with E-state index in [1.807, 2.05) is 55.5 Å². The summed E-state index contributed by atoms with van der Waals surface area (Å²) in [5.74, 6) is -0.548. The van der Waals surface area contributed by atoms with E-state index >= 15 is 0 Å². The Labute approximate surface area is 277 Å². The number of benzene rings is 5. The van der Waals surface area contributed by atoms with E-state index < -0.39 is 26.2 Å². The molecule has 4 N–H and O–H groups in total. The predicted octanol–water partition coefficient (Wildman–Crippen LogP) is 8.70. The van der Waals surface area contributed by atoms with Crippen LogP contribution in [-0.2, 0) is 20.2 Å². The van der Waals surface area contributed by atoms with E-state index in [2.05, 4.69) is 43.5 Å². The first-order valence-corrected chi connectivity index (χ1v) is 17.9. The van der Waals surface area contributed by atoms with Crippen LogP contribution in [0.4, 0.5) is 22.7 Å². The second-order valence-corrected chi connectivity index (χ2v) is 14.8. The molecule has 8 nitrogen and oxygen atoms in total. The number of hydrogen-bond donors (Lipinski definition) is 4. The van der Waals surface area contributed by atoms with Crippen LogP contribution < -0.4 is 10.6 Å². The van der Waals surface area contributed by atoms with Gasteiger partial charge in [-0.05, 0) is 116 Å². The van der Waals surface area contributed by atoms with E-state index in [4.69, 9.17) is 0 Å². The maximum Gasteiger partial charge on any atom is 0.295 e. The maximum absolute atomic E-state index is 12.5. The van der Waals surface area contributed by atoms with Crippen molar-refractivity contribution >= 4 is 43.0 Å². The summed E-state index contributed by atoms with van der Waals surface area (Å²) in [6.45, 7) is 11.3. The van der Waals surface area contributed by atoms with E-state index in [1.54, 1.807) is 38.1 Å². The molecule has 0 saturated heterocycles. The van der Waals surface area contributed by atoms with Gasteiger partial charge in [-0.15, -0.1) is 0 Å². The van der Waals surface area contributed by atoms with Crippen LogP contribution >= 0.6 is 0 Å². The lowest BCUT2D eigenvalue weighted by Gasteiger charge is -2.22. The van der Waals surface area contributed by atoms with Crippen molar-refractivity contribution in [1.82, 2.24) is 0 Å². The van der Waals surface area contributed by atoms with E-state index in [-0.39, 0.29) is 9.79 Å². The molecule has 1 atom stereocenters. The van der Waals surface area contributed by atoms with Crippen LogP contribution in [0.25, 0.3) is 0 Å². The zero-order chi connectivity index (χ0) is 34.3. The van der Waals surface area contributed by atoms with Crippen molar-refractivity contribution in [3.8, 4) is 0 Å². The van der Waals surface area contributed by atoms with Gasteiger partial charge in [-0.1, -0.05) is 66.2 Å². The third kappa shape index (κ3) is 7.26. The Hall–Kier alpha value is -4.48. The highest BCUT2D eigenvalue weighted by Crippen LogP contribution is 2.38. The molecule has 0 saturated carbocycles. The minimum absolute atomic E-state index is 0.130. The molecule has 0 bridgehead atoms. The first-order chi connectivity index (χ1) is 22.0. The van der Waals surface area contributed by atoms with Crippen LogP contribution in [0.1, 0.15) is 56.0 Å². The van der Waals surface area contributed by atoms with Crippen molar-refractivity contribution in [3.63, 3.8) is 0 Å². The predicted molar refractivity (Wildman–Crippen MR) is 188 cm³/mol. The third-order valence-electron chi connectivity index (χ3n) is 8.37. The first-order valence-electron chi connectivity index (χ1n) is 15.0. The molecule has 0 amide bonds. The molecule has 10 heteroatoms. The smallest absolute Gasteiger partial charge is 0.295 e. The van der Waals surface area contributed by atoms with Crippen LogP contribution in [-0.4, -0.2) is 25.9 Å². The summed E-state index contributed by atoms with van der Waals surface area (Å²) in [5.41, 5.74) is 10.2. The van der Waals surface area contributed by atoms with Crippen molar-refractivity contribution in [3.05, 3.63) is 141 Å². The molecule has 5 aromatic rings. The van der Waals surface area contributed by atoms with Gasteiger partial charge in [0, 0.05) is 28.7 Å². The largest absolute Gasteiger partial charge is 0.355 e. The van der Waals surface area contributed by atoms with Crippen molar-refractivity contribution in [2.24, 2.45) is 0 Å². The van der Waals surface area contributed by atoms with E-state index in [0.717, 1.165) is 39.2 Å². The van der Waals surface area contributed by atoms with Crippen molar-refractivity contribution in [2.45, 2.75) is 57.3 Å². The molecular weight excluding hydrogens is 633 g/mol. The average Bonchev–Trinajstić information content (AvgIpc) is 2.97. The minimum atomic E-state index is -4.53. The summed E-state index contributed by atoms with van der Waals surface area (Å²) in [5, 5.41) is 6.79. The summed E-state index contributed by atoms with van der Waals surface area (Å²) < 4.78 is 69.1. The SMILES string of the molecule is Cc1cc(C)c(Nc2ccc(C(c3ccc(Nc4c(C)cc(C)c(S(=O)(=O)O)c4C)cc3)c3ccccc3S(=O)(=O)O)cc2)c(C)c1. The fourth-order valence-corrected chi connectivity index (χ4v) is 8.14. The molecule has 0 fully saturated rings. The van der Waals surface area contributed by atoms with E-state index in [0.29, 0.717) is 28.1 Å². The van der Waals surface area contributed by atoms with Crippen molar-refractivity contribution in [2.75, 3.05) is 10.6 Å². The number of aryl methyl sites for hydroxylation is 5. The molecule has 0 spiro atoms. The summed E-state index contributed by atoms with van der Waals surface area (Å²) >= 11 is 0. The Morgan fingerprint density at radius 1 is 0.553 bits per heavy atom. The molecule has 1 unspecified atom stereocenters. The topological polar surface area (TPSA) is 133 Å². The number of hydrogen-bond acceptors (Lipinski definition) is 6. The highest BCUT2D eigenvalue weighted by Gasteiger charge is 2.25. The van der Waals surface area contributed by atoms with Crippen LogP contribution in [0.15, 0.2) is 101 Å². The van der Waals surface area contributed by atoms with Gasteiger partial charge in [-0.3, -0.25) is 9.11 Å². The molecule has 0 aliphatic heterocycles. The van der Waals surface area contributed by atoms with Gasteiger partial charge < -0.3 is 10.6 Å². The van der Waals surface area contributed by atoms with Crippen molar-refractivity contribution < 1.29 is 25.9 Å². The molecule has 5 rings (SSSR count). The zero-order valence-corrected chi connectivity index (χ0v) is 28.7. The van der Waals surface area contributed by atoms with Crippen LogP contribution in [0, 0.1) is 41.5 Å². The van der Waals surface area contributed by atoms with Gasteiger partial charge in [0.2, 0.25) is 0 Å². The molecule has 0 radical (unpaired) electrons. The Kier molecular flexibility index (Phi) is 9.34. The van der Waals surface area contributed by atoms with Crippen LogP contribution in [0.2, 0.25) is 0 Å². The summed E-state index contributed by atoms with van der Waals surface area (Å²) in [6, 6.07) is 27.5. The van der Waals surface area contributed by atoms with Crippen LogP contribution in [0.3, 0.4) is 0 Å². The number of anilines is 4. The lowest BCUT2D eigenvalue weighted by atomic mass is 9.85. The van der Waals surface area contributed by atoms with Gasteiger partial charge in [-0.25, -0.2) is 0 Å². The standard InChI is InChI=1S/C37H38N2O6S2/c1-22-19-23(2)35(24(3)20-22)38-30-15-11-28(12-16-30)34(32-9-7-8-10-33(32)46(40,41)42)29-13-17-31(18-14-29)39-36-25(4)21-26(5)37(27(36)6)47(43,44)45/h7-21,34,38-39H,1-6H3,(H,40,41,42)(H,43,44,45). The zero-order valence-electron chi connectivity index (χ0n) is 27.1. The quantitative estimate of drug-likeness (QED) is 0.0904. The monoisotopic (exact) mass is 670 g/mol. The van der Waals surface area contributed by atoms with Crippen molar-refractivity contribution in [1.29, 1.82) is 0 Å². The Bertz CT molecular complexity index is 2170. The number of nitrogens with one attached hydrogen (secondary N) is 2.